The maximum absolute atomic E-state index is 13.1. The van der Waals surface area contributed by atoms with Crippen LogP contribution in [-0.2, 0) is 0 Å². The van der Waals surface area contributed by atoms with Crippen LogP contribution in [0.1, 0.15) is 46.3 Å². The zero-order valence-electron chi connectivity index (χ0n) is 20.0. The van der Waals surface area contributed by atoms with Crippen LogP contribution in [0.3, 0.4) is 0 Å². The third-order valence-corrected chi connectivity index (χ3v) is 7.45. The van der Waals surface area contributed by atoms with Crippen molar-refractivity contribution < 1.29 is 4.79 Å². The van der Waals surface area contributed by atoms with E-state index in [-0.39, 0.29) is 5.78 Å². The molecule has 0 unspecified atom stereocenters. The summed E-state index contributed by atoms with van der Waals surface area (Å²) in [6, 6.07) is 31.3. The lowest BCUT2D eigenvalue weighted by Gasteiger charge is -2.32. The smallest absolute Gasteiger partial charge is 0.194 e. The Morgan fingerprint density at radius 3 is 2.00 bits per heavy atom. The predicted molar refractivity (Wildman–Crippen MR) is 145 cm³/mol. The van der Waals surface area contributed by atoms with E-state index < -0.39 is 0 Å². The lowest BCUT2D eigenvalue weighted by atomic mass is 9.78. The number of carbonyl (C=O) groups excluding carboxylic acids is 1. The third kappa shape index (κ3) is 4.17. The Hall–Kier alpha value is -3.69. The van der Waals surface area contributed by atoms with E-state index in [2.05, 4.69) is 76.9 Å². The van der Waals surface area contributed by atoms with Crippen molar-refractivity contribution in [3.05, 3.63) is 119 Å². The minimum atomic E-state index is 0.150. The maximum atomic E-state index is 13.1. The molecule has 4 aromatic rings. The normalized spacial score (nSPS) is 15.7. The molecule has 0 aromatic heterocycles. The van der Waals surface area contributed by atoms with E-state index >= 15 is 0 Å². The number of hydrogen-bond acceptors (Lipinski definition) is 3. The molecular formula is C32H30N2O. The number of carbonyl (C=O) groups is 1. The predicted octanol–water partition coefficient (Wildman–Crippen LogP) is 6.78. The van der Waals surface area contributed by atoms with Gasteiger partial charge in [-0.2, -0.15) is 0 Å². The number of anilines is 1. The fraction of sp³-hybridized carbons (Fsp3) is 0.219. The van der Waals surface area contributed by atoms with Crippen molar-refractivity contribution in [2.75, 3.05) is 31.5 Å². The summed E-state index contributed by atoms with van der Waals surface area (Å²) in [5, 5.41) is 6.21. The van der Waals surface area contributed by atoms with Gasteiger partial charge in [-0.1, -0.05) is 90.5 Å². The fourth-order valence-electron chi connectivity index (χ4n) is 5.67. The van der Waals surface area contributed by atoms with Crippen LogP contribution in [0.25, 0.3) is 16.3 Å². The largest absolute Gasteiger partial charge is 0.384 e. The summed E-state index contributed by atoms with van der Waals surface area (Å²) in [6.45, 7) is 4.23. The Morgan fingerprint density at radius 1 is 0.686 bits per heavy atom. The van der Waals surface area contributed by atoms with Gasteiger partial charge in [0.25, 0.3) is 0 Å². The molecule has 0 bridgehead atoms. The van der Waals surface area contributed by atoms with Crippen molar-refractivity contribution in [1.29, 1.82) is 0 Å². The molecule has 2 aliphatic rings. The highest BCUT2D eigenvalue weighted by Gasteiger charge is 2.29. The van der Waals surface area contributed by atoms with Gasteiger partial charge in [0.2, 0.25) is 0 Å². The highest BCUT2D eigenvalue weighted by atomic mass is 16.1. The maximum Gasteiger partial charge on any atom is 0.194 e. The summed E-state index contributed by atoms with van der Waals surface area (Å²) in [4.78, 5) is 15.7. The number of rotatable bonds is 5. The molecule has 0 amide bonds. The first-order valence-electron chi connectivity index (χ1n) is 12.7. The molecule has 0 saturated carbocycles. The van der Waals surface area contributed by atoms with Crippen LogP contribution in [-0.4, -0.2) is 36.9 Å². The molecule has 0 radical (unpaired) electrons. The minimum absolute atomic E-state index is 0.150. The first-order chi connectivity index (χ1) is 17.3. The molecule has 6 rings (SSSR count). The number of fused-ring (bicyclic) bond motifs is 3. The Morgan fingerprint density at radius 2 is 1.29 bits per heavy atom. The molecule has 3 heteroatoms. The molecule has 35 heavy (non-hydrogen) atoms. The number of nitrogens with zero attached hydrogens (tertiary/aromatic N) is 1. The molecule has 0 atom stereocenters. The van der Waals surface area contributed by atoms with Crippen molar-refractivity contribution in [2.24, 2.45) is 0 Å². The van der Waals surface area contributed by atoms with Gasteiger partial charge in [-0.05, 0) is 54.0 Å². The zero-order valence-corrected chi connectivity index (χ0v) is 20.0. The summed E-state index contributed by atoms with van der Waals surface area (Å²) in [5.74, 6) is 0.150. The van der Waals surface area contributed by atoms with Gasteiger partial charge in [0.1, 0.15) is 0 Å². The van der Waals surface area contributed by atoms with Crippen LogP contribution in [0.2, 0.25) is 0 Å². The van der Waals surface area contributed by atoms with Crippen molar-refractivity contribution in [3.63, 3.8) is 0 Å². The lowest BCUT2D eigenvalue weighted by Crippen LogP contribution is -2.33. The number of nitrogens with one attached hydrogen (secondary N) is 1. The van der Waals surface area contributed by atoms with E-state index in [1.54, 1.807) is 0 Å². The second kappa shape index (κ2) is 9.52. The van der Waals surface area contributed by atoms with Crippen molar-refractivity contribution >= 4 is 27.8 Å². The van der Waals surface area contributed by atoms with E-state index in [1.165, 1.54) is 27.6 Å². The molecule has 1 aliphatic carbocycles. The van der Waals surface area contributed by atoms with Gasteiger partial charge in [0.15, 0.2) is 5.78 Å². The number of hydrogen-bond donors (Lipinski definition) is 1. The first kappa shape index (κ1) is 21.8. The van der Waals surface area contributed by atoms with E-state index in [0.29, 0.717) is 0 Å². The van der Waals surface area contributed by atoms with Gasteiger partial charge in [0, 0.05) is 41.8 Å². The molecule has 0 spiro atoms. The molecule has 1 fully saturated rings. The summed E-state index contributed by atoms with van der Waals surface area (Å²) < 4.78 is 0. The zero-order chi connectivity index (χ0) is 23.6. The highest BCUT2D eigenvalue weighted by molar-refractivity contribution is 6.19. The number of ketones is 1. The van der Waals surface area contributed by atoms with Gasteiger partial charge in [-0.15, -0.1) is 0 Å². The molecule has 1 N–H and O–H groups in total. The second-order valence-electron chi connectivity index (χ2n) is 9.55. The van der Waals surface area contributed by atoms with Crippen LogP contribution in [0, 0.1) is 0 Å². The number of piperidine rings is 1. The summed E-state index contributed by atoms with van der Waals surface area (Å²) in [5.41, 5.74) is 7.91. The number of likely N-dealkylation sites (tertiary alicyclic amines) is 1. The quantitative estimate of drug-likeness (QED) is 0.295. The Balaban J connectivity index is 1.12. The summed E-state index contributed by atoms with van der Waals surface area (Å²) >= 11 is 0. The van der Waals surface area contributed by atoms with E-state index in [9.17, 15) is 4.79 Å². The van der Waals surface area contributed by atoms with Crippen LogP contribution in [0.5, 0.6) is 0 Å². The highest BCUT2D eigenvalue weighted by Crippen LogP contribution is 2.40. The van der Waals surface area contributed by atoms with E-state index in [4.69, 9.17) is 0 Å². The fourth-order valence-corrected chi connectivity index (χ4v) is 5.67. The lowest BCUT2D eigenvalue weighted by molar-refractivity contribution is 0.103. The van der Waals surface area contributed by atoms with Crippen molar-refractivity contribution in [1.82, 2.24) is 4.90 Å². The average molecular weight is 459 g/mol. The van der Waals surface area contributed by atoms with Crippen molar-refractivity contribution in [2.45, 2.75) is 19.3 Å². The molecule has 1 heterocycles. The monoisotopic (exact) mass is 458 g/mol. The molecule has 4 aromatic carbocycles. The van der Waals surface area contributed by atoms with Crippen LogP contribution in [0.15, 0.2) is 96.6 Å². The van der Waals surface area contributed by atoms with Crippen LogP contribution >= 0.6 is 0 Å². The van der Waals surface area contributed by atoms with Gasteiger partial charge in [-0.3, -0.25) is 4.79 Å². The van der Waals surface area contributed by atoms with Crippen LogP contribution in [0.4, 0.5) is 5.69 Å². The molecule has 3 nitrogen and oxygen atoms in total. The number of benzene rings is 4. The van der Waals surface area contributed by atoms with Gasteiger partial charge < -0.3 is 10.2 Å². The minimum Gasteiger partial charge on any atom is -0.384 e. The Labute approximate surface area is 207 Å². The topological polar surface area (TPSA) is 32.3 Å². The van der Waals surface area contributed by atoms with Gasteiger partial charge in [-0.25, -0.2) is 0 Å². The average Bonchev–Trinajstić information content (AvgIpc) is 2.92. The summed E-state index contributed by atoms with van der Waals surface area (Å²) in [7, 11) is 0. The Kier molecular flexibility index (Phi) is 5.93. The van der Waals surface area contributed by atoms with E-state index in [1.807, 2.05) is 24.3 Å². The molecular weight excluding hydrogens is 428 g/mol. The van der Waals surface area contributed by atoms with Crippen molar-refractivity contribution in [3.8, 4) is 0 Å². The van der Waals surface area contributed by atoms with Gasteiger partial charge in [0.05, 0.1) is 0 Å². The van der Waals surface area contributed by atoms with Gasteiger partial charge >= 0.3 is 0 Å². The Bertz CT molecular complexity index is 1370. The van der Waals surface area contributed by atoms with Crippen LogP contribution < -0.4 is 5.32 Å². The standard InChI is InChI=1S/C32H30N2O/c35-32-28-14-5-3-12-26(28)31(27-13-4-6-15-29(27)32)24-17-21-34(22-18-24)20-8-19-33-30-16-7-10-23-9-1-2-11-25(23)30/h1-7,9-16,33H,8,17-22H2. The molecule has 1 saturated heterocycles. The molecule has 174 valence electrons. The first-order valence-corrected chi connectivity index (χ1v) is 12.7. The summed E-state index contributed by atoms with van der Waals surface area (Å²) in [6.07, 6.45) is 3.24. The molecule has 1 aliphatic heterocycles. The third-order valence-electron chi connectivity index (χ3n) is 7.45. The SMILES string of the molecule is O=C1c2ccccc2C(=C2CCN(CCCNc3cccc4ccccc34)CC2)c2ccccc21. The van der Waals surface area contributed by atoms with E-state index in [0.717, 1.165) is 67.7 Å². The second-order valence-corrected chi connectivity index (χ2v) is 9.55.